The number of nitrogens with zero attached hydrogens (tertiary/aromatic N) is 1. The molecule has 1 atom stereocenters. The molecule has 2 aromatic carbocycles. The summed E-state index contributed by atoms with van der Waals surface area (Å²) in [5.41, 5.74) is 2.28. The molecule has 0 spiro atoms. The molecule has 3 aliphatic rings. The highest BCUT2D eigenvalue weighted by atomic mass is 19.3. The Morgan fingerprint density at radius 2 is 1.79 bits per heavy atom. The van der Waals surface area contributed by atoms with Gasteiger partial charge in [-0.3, -0.25) is 24.5 Å². The summed E-state index contributed by atoms with van der Waals surface area (Å²) >= 11 is 0. The van der Waals surface area contributed by atoms with Gasteiger partial charge < -0.3 is 10.2 Å². The summed E-state index contributed by atoms with van der Waals surface area (Å²) in [4.78, 5) is 50.0. The molecule has 5 rings (SSSR count). The van der Waals surface area contributed by atoms with Crippen molar-refractivity contribution < 1.29 is 28.0 Å². The van der Waals surface area contributed by atoms with Crippen molar-refractivity contribution in [2.24, 2.45) is 0 Å². The van der Waals surface area contributed by atoms with Gasteiger partial charge in [-0.05, 0) is 47.9 Å². The fourth-order valence-electron chi connectivity index (χ4n) is 4.54. The zero-order valence-corrected chi connectivity index (χ0v) is 18.3. The van der Waals surface area contributed by atoms with Crippen LogP contribution < -0.4 is 10.6 Å². The maximum Gasteiger partial charge on any atom is 0.349 e. The van der Waals surface area contributed by atoms with Gasteiger partial charge in [0.25, 0.3) is 11.8 Å². The Labute approximate surface area is 194 Å². The van der Waals surface area contributed by atoms with Gasteiger partial charge in [0.1, 0.15) is 6.04 Å². The number of alkyl halides is 2. The summed E-state index contributed by atoms with van der Waals surface area (Å²) in [6, 6.07) is 10.0. The van der Waals surface area contributed by atoms with Crippen molar-refractivity contribution in [1.29, 1.82) is 0 Å². The molecule has 34 heavy (non-hydrogen) atoms. The molecule has 2 heterocycles. The third-order valence-electron chi connectivity index (χ3n) is 6.65. The monoisotopic (exact) mass is 467 g/mol. The number of carbonyl (C=O) groups is 4. The van der Waals surface area contributed by atoms with E-state index in [1.165, 1.54) is 17.0 Å². The van der Waals surface area contributed by atoms with Crippen molar-refractivity contribution in [3.63, 3.8) is 0 Å². The van der Waals surface area contributed by atoms with Gasteiger partial charge in [0.15, 0.2) is 0 Å². The second-order valence-electron chi connectivity index (χ2n) is 9.04. The number of halogens is 2. The van der Waals surface area contributed by atoms with Crippen molar-refractivity contribution >= 4 is 23.6 Å². The van der Waals surface area contributed by atoms with Crippen molar-refractivity contribution in [1.82, 2.24) is 15.5 Å². The molecular weight excluding hydrogens is 444 g/mol. The first kappa shape index (κ1) is 22.2. The molecular formula is C25H23F2N3O4. The van der Waals surface area contributed by atoms with E-state index in [9.17, 15) is 28.0 Å². The van der Waals surface area contributed by atoms with Crippen molar-refractivity contribution in [3.8, 4) is 0 Å². The average molecular weight is 467 g/mol. The minimum Gasteiger partial charge on any atom is -0.346 e. The standard InChI is InChI=1S/C25H23F2N3O4/c26-25(27,18-6-4-16(5-7-18)15-2-3-15)24(34)28-12-14-1-8-19-17(11-14)13-30(23(19)33)20-9-10-21(31)29-22(20)32/h1,4-8,11,15,20H,2-3,9-10,12-13H2,(H,28,34)(H,29,31,32). The SMILES string of the molecule is O=C1CCC(N2Cc3cc(CNC(=O)C(F)(F)c4ccc(C5CC5)cc4)ccc3C2=O)C(=O)N1. The summed E-state index contributed by atoms with van der Waals surface area (Å²) in [6.45, 7) is 0.0419. The highest BCUT2D eigenvalue weighted by molar-refractivity contribution is 6.05. The van der Waals surface area contributed by atoms with Crippen LogP contribution in [-0.4, -0.2) is 34.6 Å². The topological polar surface area (TPSA) is 95.6 Å². The minimum atomic E-state index is -3.67. The third-order valence-corrected chi connectivity index (χ3v) is 6.65. The van der Waals surface area contributed by atoms with Gasteiger partial charge in [-0.1, -0.05) is 36.4 Å². The third kappa shape index (κ3) is 4.06. The molecule has 176 valence electrons. The summed E-state index contributed by atoms with van der Waals surface area (Å²) < 4.78 is 29.3. The summed E-state index contributed by atoms with van der Waals surface area (Å²) in [6.07, 6.45) is 2.54. The molecule has 2 aromatic rings. The number of nitrogens with one attached hydrogen (secondary N) is 2. The first-order valence-electron chi connectivity index (χ1n) is 11.3. The lowest BCUT2D eigenvalue weighted by Gasteiger charge is -2.29. The minimum absolute atomic E-state index is 0.130. The second-order valence-corrected chi connectivity index (χ2v) is 9.04. The lowest BCUT2D eigenvalue weighted by Crippen LogP contribution is -2.52. The van der Waals surface area contributed by atoms with Gasteiger partial charge in [-0.25, -0.2) is 0 Å². The maximum absolute atomic E-state index is 14.7. The van der Waals surface area contributed by atoms with E-state index in [4.69, 9.17) is 0 Å². The maximum atomic E-state index is 14.7. The second kappa shape index (κ2) is 8.30. The van der Waals surface area contributed by atoms with Crippen LogP contribution in [0.4, 0.5) is 8.78 Å². The molecule has 1 saturated heterocycles. The highest BCUT2D eigenvalue weighted by Crippen LogP contribution is 2.41. The normalized spacial score (nSPS) is 20.2. The fourth-order valence-corrected chi connectivity index (χ4v) is 4.54. The Morgan fingerprint density at radius 3 is 2.47 bits per heavy atom. The van der Waals surface area contributed by atoms with Gasteiger partial charge in [-0.15, -0.1) is 0 Å². The van der Waals surface area contributed by atoms with Gasteiger partial charge in [-0.2, -0.15) is 8.78 Å². The lowest BCUT2D eigenvalue weighted by atomic mass is 10.0. The molecule has 9 heteroatoms. The smallest absolute Gasteiger partial charge is 0.346 e. The molecule has 1 aliphatic carbocycles. The first-order chi connectivity index (χ1) is 16.2. The molecule has 4 amide bonds. The number of hydrogen-bond donors (Lipinski definition) is 2. The number of fused-ring (bicyclic) bond motifs is 1. The van der Waals surface area contributed by atoms with Crippen LogP contribution in [-0.2, 0) is 33.4 Å². The Morgan fingerprint density at radius 1 is 1.06 bits per heavy atom. The van der Waals surface area contributed by atoms with Gasteiger partial charge >= 0.3 is 5.92 Å². The molecule has 0 radical (unpaired) electrons. The summed E-state index contributed by atoms with van der Waals surface area (Å²) in [7, 11) is 0. The van der Waals surface area contributed by atoms with E-state index in [0.717, 1.165) is 18.4 Å². The Hall–Kier alpha value is -3.62. The number of benzene rings is 2. The van der Waals surface area contributed by atoms with E-state index >= 15 is 0 Å². The molecule has 7 nitrogen and oxygen atoms in total. The summed E-state index contributed by atoms with van der Waals surface area (Å²) in [5.74, 6) is -5.81. The lowest BCUT2D eigenvalue weighted by molar-refractivity contribution is -0.147. The van der Waals surface area contributed by atoms with E-state index < -0.39 is 23.8 Å². The highest BCUT2D eigenvalue weighted by Gasteiger charge is 2.41. The zero-order valence-electron chi connectivity index (χ0n) is 18.3. The van der Waals surface area contributed by atoms with Crippen LogP contribution in [0.2, 0.25) is 0 Å². The predicted octanol–water partition coefficient (Wildman–Crippen LogP) is 2.73. The number of imide groups is 1. The van der Waals surface area contributed by atoms with E-state index in [1.807, 2.05) is 0 Å². The van der Waals surface area contributed by atoms with Crippen molar-refractivity contribution in [2.75, 3.05) is 0 Å². The van der Waals surface area contributed by atoms with Gasteiger partial charge in [0.05, 0.1) is 0 Å². The Kier molecular flexibility index (Phi) is 5.42. The summed E-state index contributed by atoms with van der Waals surface area (Å²) in [5, 5.41) is 4.53. The molecule has 1 unspecified atom stereocenters. The fraction of sp³-hybridized carbons (Fsp3) is 0.360. The number of rotatable bonds is 6. The van der Waals surface area contributed by atoms with Crippen molar-refractivity contribution in [3.05, 3.63) is 70.3 Å². The van der Waals surface area contributed by atoms with Crippen LogP contribution >= 0.6 is 0 Å². The van der Waals surface area contributed by atoms with E-state index in [2.05, 4.69) is 10.6 Å². The van der Waals surface area contributed by atoms with Crippen LogP contribution in [0.15, 0.2) is 42.5 Å². The van der Waals surface area contributed by atoms with Crippen LogP contribution in [0, 0.1) is 0 Å². The Balaban J connectivity index is 1.23. The van der Waals surface area contributed by atoms with Crippen LogP contribution in [0.3, 0.4) is 0 Å². The molecule has 1 saturated carbocycles. The molecule has 2 fully saturated rings. The zero-order chi connectivity index (χ0) is 24.0. The number of amides is 4. The van der Waals surface area contributed by atoms with E-state index in [1.54, 1.807) is 30.3 Å². The van der Waals surface area contributed by atoms with Crippen LogP contribution in [0.1, 0.15) is 64.2 Å². The molecule has 2 N–H and O–H groups in total. The van der Waals surface area contributed by atoms with E-state index in [0.29, 0.717) is 22.6 Å². The number of carbonyl (C=O) groups excluding carboxylic acids is 4. The molecule has 0 aromatic heterocycles. The first-order valence-corrected chi connectivity index (χ1v) is 11.3. The van der Waals surface area contributed by atoms with E-state index in [-0.39, 0.29) is 43.3 Å². The molecule has 0 bridgehead atoms. The number of piperidine rings is 1. The van der Waals surface area contributed by atoms with Crippen molar-refractivity contribution in [2.45, 2.75) is 56.7 Å². The van der Waals surface area contributed by atoms with Gasteiger partial charge in [0.2, 0.25) is 11.8 Å². The predicted molar refractivity (Wildman–Crippen MR) is 117 cm³/mol. The van der Waals surface area contributed by atoms with Crippen LogP contribution in [0.25, 0.3) is 0 Å². The Bertz CT molecular complexity index is 1190. The number of hydrogen-bond acceptors (Lipinski definition) is 4. The quantitative estimate of drug-likeness (QED) is 0.639. The largest absolute Gasteiger partial charge is 0.349 e. The van der Waals surface area contributed by atoms with Crippen LogP contribution in [0.5, 0.6) is 0 Å². The van der Waals surface area contributed by atoms with Gasteiger partial charge in [0, 0.05) is 30.6 Å². The molecule has 2 aliphatic heterocycles. The average Bonchev–Trinajstić information content (AvgIpc) is 3.62.